The number of amides is 2. The molecule has 6 heteroatoms. The summed E-state index contributed by atoms with van der Waals surface area (Å²) in [4.78, 5) is 22.5. The number of hydrogen-bond donors (Lipinski definition) is 3. The van der Waals surface area contributed by atoms with Gasteiger partial charge < -0.3 is 10.4 Å². The molecule has 2 amide bonds. The van der Waals surface area contributed by atoms with E-state index in [2.05, 4.69) is 16.6 Å². The van der Waals surface area contributed by atoms with Crippen molar-refractivity contribution in [3.05, 3.63) is 17.0 Å². The predicted molar refractivity (Wildman–Crippen MR) is 71.0 cm³/mol. The SMILES string of the molecule is C#CCC(CC)NC(=O)Nc1sccc1C(=O)O. The van der Waals surface area contributed by atoms with Crippen LogP contribution in [0.25, 0.3) is 0 Å². The van der Waals surface area contributed by atoms with Crippen molar-refractivity contribution in [2.75, 3.05) is 5.32 Å². The molecule has 1 heterocycles. The lowest BCUT2D eigenvalue weighted by Crippen LogP contribution is -2.37. The second-order valence-electron chi connectivity index (χ2n) is 3.58. The summed E-state index contributed by atoms with van der Waals surface area (Å²) in [6.07, 6.45) is 6.34. The number of carbonyl (C=O) groups is 2. The molecule has 1 aromatic heterocycles. The topological polar surface area (TPSA) is 78.4 Å². The normalized spacial score (nSPS) is 11.3. The molecular weight excluding hydrogens is 252 g/mol. The number of carboxylic acids is 1. The van der Waals surface area contributed by atoms with Gasteiger partial charge >= 0.3 is 12.0 Å². The fourth-order valence-corrected chi connectivity index (χ4v) is 2.11. The number of aromatic carboxylic acids is 1. The average molecular weight is 266 g/mol. The lowest BCUT2D eigenvalue weighted by atomic mass is 10.2. The zero-order valence-electron chi connectivity index (χ0n) is 9.90. The standard InChI is InChI=1S/C12H14N2O3S/c1-3-5-8(4-2)13-12(17)14-10-9(11(15)16)6-7-18-10/h1,6-8H,4-5H2,2H3,(H,15,16)(H2,13,14,17). The molecule has 5 nitrogen and oxygen atoms in total. The monoisotopic (exact) mass is 266 g/mol. The Morgan fingerprint density at radius 3 is 2.89 bits per heavy atom. The Bertz CT molecular complexity index is 476. The summed E-state index contributed by atoms with van der Waals surface area (Å²) in [5.74, 6) is 1.41. The maximum absolute atomic E-state index is 11.7. The first-order chi connectivity index (χ1) is 8.58. The Morgan fingerprint density at radius 1 is 1.61 bits per heavy atom. The Labute approximate surface area is 109 Å². The smallest absolute Gasteiger partial charge is 0.338 e. The van der Waals surface area contributed by atoms with Gasteiger partial charge in [-0.2, -0.15) is 0 Å². The van der Waals surface area contributed by atoms with Gasteiger partial charge in [0.15, 0.2) is 0 Å². The summed E-state index contributed by atoms with van der Waals surface area (Å²) >= 11 is 1.16. The molecule has 1 aromatic rings. The van der Waals surface area contributed by atoms with E-state index in [1.165, 1.54) is 6.07 Å². The molecule has 0 spiro atoms. The molecule has 0 aromatic carbocycles. The van der Waals surface area contributed by atoms with Crippen molar-refractivity contribution < 1.29 is 14.7 Å². The van der Waals surface area contributed by atoms with E-state index < -0.39 is 12.0 Å². The van der Waals surface area contributed by atoms with E-state index in [0.717, 1.165) is 11.3 Å². The van der Waals surface area contributed by atoms with Crippen LogP contribution in [0.1, 0.15) is 30.1 Å². The van der Waals surface area contributed by atoms with Gasteiger partial charge in [0.1, 0.15) is 5.00 Å². The zero-order chi connectivity index (χ0) is 13.5. The molecule has 0 aliphatic rings. The Kier molecular flexibility index (Phi) is 5.21. The molecule has 0 fully saturated rings. The number of rotatable bonds is 5. The second kappa shape index (κ2) is 6.67. The van der Waals surface area contributed by atoms with Gasteiger partial charge in [0.25, 0.3) is 0 Å². The number of nitrogens with one attached hydrogen (secondary N) is 2. The number of thiophene rings is 1. The molecule has 0 saturated heterocycles. The molecule has 1 atom stereocenters. The molecule has 18 heavy (non-hydrogen) atoms. The number of urea groups is 1. The van der Waals surface area contributed by atoms with Crippen molar-refractivity contribution in [2.24, 2.45) is 0 Å². The van der Waals surface area contributed by atoms with Crippen LogP contribution in [0, 0.1) is 12.3 Å². The molecule has 0 saturated carbocycles. The van der Waals surface area contributed by atoms with E-state index >= 15 is 0 Å². The third-order valence-corrected chi connectivity index (χ3v) is 3.14. The summed E-state index contributed by atoms with van der Waals surface area (Å²) in [5.41, 5.74) is 0.0835. The molecular formula is C12H14N2O3S. The summed E-state index contributed by atoms with van der Waals surface area (Å²) in [6.45, 7) is 1.91. The molecule has 0 bridgehead atoms. The second-order valence-corrected chi connectivity index (χ2v) is 4.50. The summed E-state index contributed by atoms with van der Waals surface area (Å²) < 4.78 is 0. The molecule has 1 unspecified atom stereocenters. The Balaban J connectivity index is 2.62. The number of hydrogen-bond acceptors (Lipinski definition) is 3. The minimum absolute atomic E-state index is 0.0835. The number of carboxylic acid groups (broad SMARTS) is 1. The minimum Gasteiger partial charge on any atom is -0.478 e. The quantitative estimate of drug-likeness (QED) is 0.716. The summed E-state index contributed by atoms with van der Waals surface area (Å²) in [7, 11) is 0. The van der Waals surface area contributed by atoms with Gasteiger partial charge in [0.05, 0.1) is 5.56 Å². The summed E-state index contributed by atoms with van der Waals surface area (Å²) in [6, 6.07) is 0.895. The maximum atomic E-state index is 11.7. The molecule has 1 rings (SSSR count). The van der Waals surface area contributed by atoms with Crippen LogP contribution < -0.4 is 10.6 Å². The van der Waals surface area contributed by atoms with Crippen LogP contribution in [0.3, 0.4) is 0 Å². The lowest BCUT2D eigenvalue weighted by Gasteiger charge is -2.14. The molecule has 0 radical (unpaired) electrons. The van der Waals surface area contributed by atoms with Gasteiger partial charge in [-0.3, -0.25) is 5.32 Å². The number of carbonyl (C=O) groups excluding carboxylic acids is 1. The van der Waals surface area contributed by atoms with Gasteiger partial charge in [0.2, 0.25) is 0 Å². The maximum Gasteiger partial charge on any atom is 0.338 e. The third kappa shape index (κ3) is 3.79. The summed E-state index contributed by atoms with van der Waals surface area (Å²) in [5, 5.41) is 16.0. The van der Waals surface area contributed by atoms with Crippen LogP contribution in [0.2, 0.25) is 0 Å². The zero-order valence-corrected chi connectivity index (χ0v) is 10.7. The van der Waals surface area contributed by atoms with Crippen molar-refractivity contribution in [3.63, 3.8) is 0 Å². The largest absolute Gasteiger partial charge is 0.478 e. The van der Waals surface area contributed by atoms with Crippen LogP contribution >= 0.6 is 11.3 Å². The molecule has 96 valence electrons. The van der Waals surface area contributed by atoms with Crippen molar-refractivity contribution in [1.82, 2.24) is 5.32 Å². The van der Waals surface area contributed by atoms with Crippen molar-refractivity contribution in [1.29, 1.82) is 0 Å². The van der Waals surface area contributed by atoms with Crippen LogP contribution in [-0.4, -0.2) is 23.1 Å². The van der Waals surface area contributed by atoms with Crippen LogP contribution in [0.5, 0.6) is 0 Å². The van der Waals surface area contributed by atoms with E-state index in [9.17, 15) is 9.59 Å². The fourth-order valence-electron chi connectivity index (χ4n) is 1.34. The van der Waals surface area contributed by atoms with Gasteiger partial charge in [-0.15, -0.1) is 23.7 Å². The van der Waals surface area contributed by atoms with Crippen LogP contribution in [-0.2, 0) is 0 Å². The highest BCUT2D eigenvalue weighted by molar-refractivity contribution is 7.14. The van der Waals surface area contributed by atoms with E-state index in [0.29, 0.717) is 17.8 Å². The third-order valence-electron chi connectivity index (χ3n) is 2.31. The highest BCUT2D eigenvalue weighted by atomic mass is 32.1. The minimum atomic E-state index is -1.07. The first-order valence-corrected chi connectivity index (χ1v) is 6.28. The van der Waals surface area contributed by atoms with E-state index in [-0.39, 0.29) is 11.6 Å². The fraction of sp³-hybridized carbons (Fsp3) is 0.333. The van der Waals surface area contributed by atoms with Crippen molar-refractivity contribution in [3.8, 4) is 12.3 Å². The number of anilines is 1. The first kappa shape index (κ1) is 14.1. The molecule has 0 aliphatic heterocycles. The van der Waals surface area contributed by atoms with Gasteiger partial charge in [0, 0.05) is 12.5 Å². The lowest BCUT2D eigenvalue weighted by molar-refractivity contribution is 0.0698. The molecule has 3 N–H and O–H groups in total. The number of terminal acetylenes is 1. The average Bonchev–Trinajstić information content (AvgIpc) is 2.76. The predicted octanol–water partition coefficient (Wildman–Crippen LogP) is 2.37. The van der Waals surface area contributed by atoms with Gasteiger partial charge in [-0.25, -0.2) is 9.59 Å². The van der Waals surface area contributed by atoms with E-state index in [1.807, 2.05) is 6.92 Å². The van der Waals surface area contributed by atoms with Crippen LogP contribution in [0.15, 0.2) is 11.4 Å². The van der Waals surface area contributed by atoms with Crippen molar-refractivity contribution >= 4 is 28.3 Å². The molecule has 0 aliphatic carbocycles. The van der Waals surface area contributed by atoms with Gasteiger partial charge in [-0.1, -0.05) is 6.92 Å². The van der Waals surface area contributed by atoms with E-state index in [1.54, 1.807) is 5.38 Å². The highest BCUT2D eigenvalue weighted by Gasteiger charge is 2.15. The Hall–Kier alpha value is -2.00. The highest BCUT2D eigenvalue weighted by Crippen LogP contribution is 2.22. The van der Waals surface area contributed by atoms with Crippen molar-refractivity contribution in [2.45, 2.75) is 25.8 Å². The van der Waals surface area contributed by atoms with Gasteiger partial charge in [-0.05, 0) is 17.9 Å². The van der Waals surface area contributed by atoms with Crippen LogP contribution in [0.4, 0.5) is 9.80 Å². The van der Waals surface area contributed by atoms with E-state index in [4.69, 9.17) is 11.5 Å². The Morgan fingerprint density at radius 2 is 2.33 bits per heavy atom. The first-order valence-electron chi connectivity index (χ1n) is 5.40.